The molecule has 3 N–H and O–H groups in total. The second-order valence-electron chi connectivity index (χ2n) is 5.42. The van der Waals surface area contributed by atoms with E-state index in [-0.39, 0.29) is 5.91 Å². The van der Waals surface area contributed by atoms with Gasteiger partial charge in [-0.1, -0.05) is 55.6 Å². The summed E-state index contributed by atoms with van der Waals surface area (Å²) in [7, 11) is 0. The number of nitrogens with two attached hydrogens (primary N) is 1. The van der Waals surface area contributed by atoms with Gasteiger partial charge in [-0.3, -0.25) is 4.79 Å². The van der Waals surface area contributed by atoms with Crippen molar-refractivity contribution in [1.82, 2.24) is 5.32 Å². The molecule has 0 aliphatic heterocycles. The van der Waals surface area contributed by atoms with Crippen LogP contribution in [0.3, 0.4) is 0 Å². The van der Waals surface area contributed by atoms with Crippen LogP contribution < -0.4 is 11.1 Å². The summed E-state index contributed by atoms with van der Waals surface area (Å²) < 4.78 is 0.696. The van der Waals surface area contributed by atoms with E-state index in [1.807, 2.05) is 0 Å². The largest absolute Gasteiger partial charge is 0.391 e. The van der Waals surface area contributed by atoms with Gasteiger partial charge in [-0.15, -0.1) is 0 Å². The number of hydrogen-bond donors (Lipinski definition) is 2. The Bertz CT molecular complexity index is 557. The monoisotopic (exact) mass is 388 g/mol. The minimum atomic E-state index is -0.589. The van der Waals surface area contributed by atoms with Crippen LogP contribution in [0.1, 0.15) is 48.9 Å². The Morgan fingerprint density at radius 1 is 1.29 bits per heavy atom. The first-order valence-electron chi connectivity index (χ1n) is 7.03. The van der Waals surface area contributed by atoms with Crippen LogP contribution in [-0.4, -0.2) is 16.4 Å². The zero-order valence-electron chi connectivity index (χ0n) is 11.6. The van der Waals surface area contributed by atoms with E-state index >= 15 is 0 Å². The standard InChI is InChI=1S/C15H18BrClN2OS/c16-11-7-5-6-10(12(11)17)13(20)19-15(14(18)21)8-3-1-2-4-9-15/h5-7H,1-4,8-9H2,(H2,18,21)(H,19,20). The molecule has 1 aliphatic rings. The summed E-state index contributed by atoms with van der Waals surface area (Å²) in [4.78, 5) is 12.9. The molecule has 21 heavy (non-hydrogen) atoms. The molecule has 1 aromatic rings. The van der Waals surface area contributed by atoms with Gasteiger partial charge in [0.15, 0.2) is 0 Å². The average molecular weight is 390 g/mol. The van der Waals surface area contributed by atoms with Gasteiger partial charge in [-0.2, -0.15) is 0 Å². The minimum Gasteiger partial charge on any atom is -0.391 e. The average Bonchev–Trinajstić information content (AvgIpc) is 2.68. The summed E-state index contributed by atoms with van der Waals surface area (Å²) >= 11 is 14.8. The van der Waals surface area contributed by atoms with Crippen molar-refractivity contribution >= 4 is 50.6 Å². The summed E-state index contributed by atoms with van der Waals surface area (Å²) in [5.41, 5.74) is 5.79. The lowest BCUT2D eigenvalue weighted by Crippen LogP contribution is -2.56. The van der Waals surface area contributed by atoms with E-state index < -0.39 is 5.54 Å². The van der Waals surface area contributed by atoms with Crippen molar-refractivity contribution in [2.24, 2.45) is 5.73 Å². The van der Waals surface area contributed by atoms with Crippen molar-refractivity contribution in [3.63, 3.8) is 0 Å². The van der Waals surface area contributed by atoms with Gasteiger partial charge in [0, 0.05) is 4.47 Å². The van der Waals surface area contributed by atoms with Crippen molar-refractivity contribution in [2.75, 3.05) is 0 Å². The Morgan fingerprint density at radius 2 is 1.90 bits per heavy atom. The van der Waals surface area contributed by atoms with Gasteiger partial charge in [0.05, 0.1) is 21.1 Å². The van der Waals surface area contributed by atoms with Gasteiger partial charge < -0.3 is 11.1 Å². The molecule has 2 rings (SSSR count). The van der Waals surface area contributed by atoms with E-state index in [9.17, 15) is 4.79 Å². The maximum Gasteiger partial charge on any atom is 0.253 e. The summed E-state index contributed by atoms with van der Waals surface area (Å²) in [5.74, 6) is -0.226. The third-order valence-corrected chi connectivity index (χ3v) is 5.66. The third kappa shape index (κ3) is 3.76. The van der Waals surface area contributed by atoms with Gasteiger partial charge in [0.2, 0.25) is 0 Å². The van der Waals surface area contributed by atoms with E-state index in [0.29, 0.717) is 20.0 Å². The normalized spacial score (nSPS) is 17.8. The highest BCUT2D eigenvalue weighted by atomic mass is 79.9. The van der Waals surface area contributed by atoms with Gasteiger partial charge in [0.1, 0.15) is 0 Å². The lowest BCUT2D eigenvalue weighted by molar-refractivity contribution is 0.0917. The van der Waals surface area contributed by atoms with E-state index in [0.717, 1.165) is 38.5 Å². The molecule has 1 aliphatic carbocycles. The van der Waals surface area contributed by atoms with Crippen LogP contribution in [0.5, 0.6) is 0 Å². The maximum atomic E-state index is 12.6. The molecule has 3 nitrogen and oxygen atoms in total. The summed E-state index contributed by atoms with van der Waals surface area (Å²) in [6, 6.07) is 5.28. The molecule has 1 aromatic carbocycles. The molecule has 6 heteroatoms. The summed E-state index contributed by atoms with van der Waals surface area (Å²) in [6.07, 6.45) is 5.92. The maximum absolute atomic E-state index is 12.6. The number of amides is 1. The summed E-state index contributed by atoms with van der Waals surface area (Å²) in [6.45, 7) is 0. The highest BCUT2D eigenvalue weighted by Crippen LogP contribution is 2.30. The fourth-order valence-corrected chi connectivity index (χ4v) is 3.56. The molecular weight excluding hydrogens is 372 g/mol. The van der Waals surface area contributed by atoms with Crippen molar-refractivity contribution < 1.29 is 4.79 Å². The van der Waals surface area contributed by atoms with Gasteiger partial charge in [-0.05, 0) is 40.9 Å². The number of nitrogens with one attached hydrogen (secondary N) is 1. The van der Waals surface area contributed by atoms with Crippen LogP contribution in [-0.2, 0) is 0 Å². The smallest absolute Gasteiger partial charge is 0.253 e. The van der Waals surface area contributed by atoms with Crippen LogP contribution in [0.15, 0.2) is 22.7 Å². The van der Waals surface area contributed by atoms with Crippen molar-refractivity contribution in [3.05, 3.63) is 33.3 Å². The number of benzene rings is 1. The Hall–Kier alpha value is -0.650. The Labute approximate surface area is 143 Å². The SMILES string of the molecule is NC(=S)C1(NC(=O)c2cccc(Br)c2Cl)CCCCCC1. The Balaban J connectivity index is 2.26. The molecule has 0 radical (unpaired) electrons. The second-order valence-corrected chi connectivity index (χ2v) is 7.09. The molecule has 0 aromatic heterocycles. The van der Waals surface area contributed by atoms with Crippen molar-refractivity contribution in [1.29, 1.82) is 0 Å². The molecule has 114 valence electrons. The molecular formula is C15H18BrClN2OS. The topological polar surface area (TPSA) is 55.1 Å². The quantitative estimate of drug-likeness (QED) is 0.601. The first-order chi connectivity index (χ1) is 9.96. The van der Waals surface area contributed by atoms with Gasteiger partial charge in [-0.25, -0.2) is 0 Å². The molecule has 0 bridgehead atoms. The predicted octanol–water partition coefficient (Wildman–Crippen LogP) is 4.21. The molecule has 0 atom stereocenters. The Morgan fingerprint density at radius 3 is 2.48 bits per heavy atom. The van der Waals surface area contributed by atoms with Crippen LogP contribution in [0.2, 0.25) is 5.02 Å². The molecule has 0 heterocycles. The van der Waals surface area contributed by atoms with E-state index in [2.05, 4.69) is 21.2 Å². The van der Waals surface area contributed by atoms with Gasteiger partial charge in [0.25, 0.3) is 5.91 Å². The van der Waals surface area contributed by atoms with E-state index in [1.54, 1.807) is 18.2 Å². The van der Waals surface area contributed by atoms with Crippen LogP contribution >= 0.6 is 39.7 Å². The van der Waals surface area contributed by atoms with Crippen molar-refractivity contribution in [3.8, 4) is 0 Å². The first kappa shape index (κ1) is 16.7. The zero-order chi connectivity index (χ0) is 15.5. The van der Waals surface area contributed by atoms with Crippen LogP contribution in [0, 0.1) is 0 Å². The van der Waals surface area contributed by atoms with Gasteiger partial charge >= 0.3 is 0 Å². The van der Waals surface area contributed by atoms with Crippen LogP contribution in [0.4, 0.5) is 0 Å². The summed E-state index contributed by atoms with van der Waals surface area (Å²) in [5, 5.41) is 3.45. The van der Waals surface area contributed by atoms with Crippen LogP contribution in [0.25, 0.3) is 0 Å². The fourth-order valence-electron chi connectivity index (χ4n) is 2.73. The fraction of sp³-hybridized carbons (Fsp3) is 0.467. The number of carbonyl (C=O) groups excluding carboxylic acids is 1. The minimum absolute atomic E-state index is 0.226. The number of thiocarbonyl (C=S) groups is 1. The lowest BCUT2D eigenvalue weighted by Gasteiger charge is -2.33. The molecule has 1 amide bonds. The number of hydrogen-bond acceptors (Lipinski definition) is 2. The highest BCUT2D eigenvalue weighted by molar-refractivity contribution is 9.10. The van der Waals surface area contributed by atoms with E-state index in [1.165, 1.54) is 0 Å². The Kier molecular flexibility index (Phi) is 5.63. The predicted molar refractivity (Wildman–Crippen MR) is 93.8 cm³/mol. The third-order valence-electron chi connectivity index (χ3n) is 3.98. The number of halogens is 2. The number of carbonyl (C=O) groups is 1. The van der Waals surface area contributed by atoms with Crippen molar-refractivity contribution in [2.45, 2.75) is 44.1 Å². The molecule has 1 saturated carbocycles. The first-order valence-corrected chi connectivity index (χ1v) is 8.61. The molecule has 0 saturated heterocycles. The lowest BCUT2D eigenvalue weighted by atomic mass is 9.89. The molecule has 0 spiro atoms. The molecule has 1 fully saturated rings. The van der Waals surface area contributed by atoms with E-state index in [4.69, 9.17) is 29.6 Å². The second kappa shape index (κ2) is 7.07. The molecule has 0 unspecified atom stereocenters. The zero-order valence-corrected chi connectivity index (χ0v) is 14.8. The highest BCUT2D eigenvalue weighted by Gasteiger charge is 2.36. The number of rotatable bonds is 3.